The molecule has 148 valence electrons. The number of aryl methyl sites for hydroxylation is 1. The van der Waals surface area contributed by atoms with E-state index in [9.17, 15) is 17.6 Å². The van der Waals surface area contributed by atoms with Crippen LogP contribution in [0.3, 0.4) is 0 Å². The standard InChI is InChI=1S/C17H22FN3O5S/c1-12-5-7-14(8-6-12)27(23,24)25-11-13(18)9-21-10-15(19-20-21)16(22)26-17(2,3)4/h5-8,10,13H,9,11H2,1-4H3/t13-/m0/s1. The third-order valence-electron chi connectivity index (χ3n) is 3.25. The van der Waals surface area contributed by atoms with E-state index < -0.39 is 34.5 Å². The molecule has 1 heterocycles. The van der Waals surface area contributed by atoms with Crippen molar-refractivity contribution in [3.63, 3.8) is 0 Å². The molecular weight excluding hydrogens is 377 g/mol. The van der Waals surface area contributed by atoms with E-state index in [1.165, 1.54) is 18.3 Å². The molecule has 1 aromatic carbocycles. The topological polar surface area (TPSA) is 100 Å². The number of aromatic nitrogens is 3. The summed E-state index contributed by atoms with van der Waals surface area (Å²) in [6.45, 7) is 5.94. The molecule has 0 saturated heterocycles. The van der Waals surface area contributed by atoms with Crippen molar-refractivity contribution in [1.82, 2.24) is 15.0 Å². The average molecular weight is 399 g/mol. The number of ether oxygens (including phenoxy) is 1. The van der Waals surface area contributed by atoms with Crippen LogP contribution in [0, 0.1) is 6.92 Å². The fourth-order valence-corrected chi connectivity index (χ4v) is 2.94. The zero-order valence-corrected chi connectivity index (χ0v) is 16.4. The summed E-state index contributed by atoms with van der Waals surface area (Å²) in [5.41, 5.74) is 0.136. The van der Waals surface area contributed by atoms with Gasteiger partial charge in [-0.15, -0.1) is 5.10 Å². The number of halogens is 1. The van der Waals surface area contributed by atoms with Crippen molar-refractivity contribution in [3.05, 3.63) is 41.7 Å². The van der Waals surface area contributed by atoms with Crippen molar-refractivity contribution in [2.24, 2.45) is 0 Å². The largest absolute Gasteiger partial charge is 0.455 e. The van der Waals surface area contributed by atoms with Gasteiger partial charge in [-0.1, -0.05) is 22.9 Å². The Hall–Kier alpha value is -2.33. The lowest BCUT2D eigenvalue weighted by atomic mass is 10.2. The highest BCUT2D eigenvalue weighted by Gasteiger charge is 2.22. The smallest absolute Gasteiger partial charge is 0.361 e. The second-order valence-electron chi connectivity index (χ2n) is 6.98. The lowest BCUT2D eigenvalue weighted by molar-refractivity contribution is 0.00626. The Kier molecular flexibility index (Phi) is 6.32. The molecular formula is C17H22FN3O5S. The van der Waals surface area contributed by atoms with E-state index in [-0.39, 0.29) is 17.1 Å². The van der Waals surface area contributed by atoms with Crippen molar-refractivity contribution in [2.75, 3.05) is 6.61 Å². The van der Waals surface area contributed by atoms with Gasteiger partial charge in [-0.25, -0.2) is 13.9 Å². The number of hydrogen-bond donors (Lipinski definition) is 0. The van der Waals surface area contributed by atoms with E-state index in [1.54, 1.807) is 32.9 Å². The Morgan fingerprint density at radius 2 is 1.89 bits per heavy atom. The Morgan fingerprint density at radius 3 is 2.48 bits per heavy atom. The lowest BCUT2D eigenvalue weighted by Crippen LogP contribution is -2.24. The van der Waals surface area contributed by atoms with Crippen LogP contribution in [-0.4, -0.2) is 47.8 Å². The second kappa shape index (κ2) is 8.13. The first kappa shape index (κ1) is 21.0. The maximum Gasteiger partial charge on any atom is 0.361 e. The van der Waals surface area contributed by atoms with E-state index in [0.29, 0.717) is 0 Å². The summed E-state index contributed by atoms with van der Waals surface area (Å²) in [7, 11) is -4.05. The predicted octanol–water partition coefficient (Wildman–Crippen LogP) is 2.29. The summed E-state index contributed by atoms with van der Waals surface area (Å²) in [5, 5.41) is 7.27. The first-order chi connectivity index (χ1) is 12.5. The summed E-state index contributed by atoms with van der Waals surface area (Å²) in [4.78, 5) is 11.8. The van der Waals surface area contributed by atoms with Crippen LogP contribution < -0.4 is 0 Å². The van der Waals surface area contributed by atoms with Crippen molar-refractivity contribution >= 4 is 16.1 Å². The molecule has 0 spiro atoms. The molecule has 0 aliphatic carbocycles. The Balaban J connectivity index is 1.91. The number of carbonyl (C=O) groups is 1. The van der Waals surface area contributed by atoms with E-state index in [1.807, 2.05) is 6.92 Å². The highest BCUT2D eigenvalue weighted by Crippen LogP contribution is 2.14. The van der Waals surface area contributed by atoms with E-state index in [2.05, 4.69) is 10.3 Å². The molecule has 0 unspecified atom stereocenters. The fourth-order valence-electron chi connectivity index (χ4n) is 2.00. The van der Waals surface area contributed by atoms with Gasteiger partial charge in [0, 0.05) is 0 Å². The van der Waals surface area contributed by atoms with Crippen molar-refractivity contribution in [3.8, 4) is 0 Å². The van der Waals surface area contributed by atoms with Gasteiger partial charge in [-0.2, -0.15) is 8.42 Å². The maximum absolute atomic E-state index is 14.1. The van der Waals surface area contributed by atoms with Crippen molar-refractivity contribution < 1.29 is 26.5 Å². The molecule has 1 atom stereocenters. The summed E-state index contributed by atoms with van der Waals surface area (Å²) in [6, 6.07) is 6.03. The highest BCUT2D eigenvalue weighted by molar-refractivity contribution is 7.86. The zero-order valence-electron chi connectivity index (χ0n) is 15.5. The average Bonchev–Trinajstić information content (AvgIpc) is 3.00. The molecule has 0 aliphatic heterocycles. The third kappa shape index (κ3) is 6.40. The number of benzene rings is 1. The van der Waals surface area contributed by atoms with Gasteiger partial charge in [0.05, 0.1) is 24.2 Å². The molecule has 2 rings (SSSR count). The minimum absolute atomic E-state index is 0.0479. The number of hydrogen-bond acceptors (Lipinski definition) is 7. The molecule has 0 aliphatic rings. The number of nitrogens with zero attached hydrogens (tertiary/aromatic N) is 3. The summed E-state index contributed by atoms with van der Waals surface area (Å²) in [5.74, 6) is -0.678. The maximum atomic E-state index is 14.1. The van der Waals surface area contributed by atoms with Gasteiger partial charge in [0.15, 0.2) is 5.69 Å². The lowest BCUT2D eigenvalue weighted by Gasteiger charge is -2.18. The van der Waals surface area contributed by atoms with Crippen molar-refractivity contribution in [1.29, 1.82) is 0 Å². The van der Waals surface area contributed by atoms with Gasteiger partial charge < -0.3 is 4.74 Å². The van der Waals surface area contributed by atoms with Gasteiger partial charge in [0.2, 0.25) is 0 Å². The first-order valence-electron chi connectivity index (χ1n) is 8.20. The number of alkyl halides is 1. The van der Waals surface area contributed by atoms with Crippen LogP contribution in [0.25, 0.3) is 0 Å². The number of esters is 1. The minimum atomic E-state index is -4.05. The summed E-state index contributed by atoms with van der Waals surface area (Å²) >= 11 is 0. The fraction of sp³-hybridized carbons (Fsp3) is 0.471. The molecule has 1 aromatic heterocycles. The van der Waals surface area contributed by atoms with Gasteiger partial charge in [0.25, 0.3) is 10.1 Å². The number of rotatable bonds is 7. The number of carbonyl (C=O) groups excluding carboxylic acids is 1. The molecule has 0 radical (unpaired) electrons. The van der Waals surface area contributed by atoms with Crippen LogP contribution in [0.15, 0.2) is 35.4 Å². The van der Waals surface area contributed by atoms with Crippen LogP contribution in [0.4, 0.5) is 4.39 Å². The van der Waals surface area contributed by atoms with Gasteiger partial charge in [0.1, 0.15) is 11.8 Å². The van der Waals surface area contributed by atoms with Gasteiger partial charge in [-0.3, -0.25) is 4.18 Å². The third-order valence-corrected chi connectivity index (χ3v) is 4.54. The summed E-state index contributed by atoms with van der Waals surface area (Å²) < 4.78 is 49.2. The zero-order chi connectivity index (χ0) is 20.2. The van der Waals surface area contributed by atoms with Crippen LogP contribution in [0.1, 0.15) is 36.8 Å². The van der Waals surface area contributed by atoms with Gasteiger partial charge >= 0.3 is 5.97 Å². The molecule has 0 saturated carbocycles. The van der Waals surface area contributed by atoms with E-state index in [4.69, 9.17) is 8.92 Å². The first-order valence-corrected chi connectivity index (χ1v) is 9.61. The van der Waals surface area contributed by atoms with Crippen LogP contribution in [0.5, 0.6) is 0 Å². The van der Waals surface area contributed by atoms with Crippen LogP contribution in [0.2, 0.25) is 0 Å². The Morgan fingerprint density at radius 1 is 1.26 bits per heavy atom. The van der Waals surface area contributed by atoms with Crippen molar-refractivity contribution in [2.45, 2.75) is 50.9 Å². The summed E-state index contributed by atoms with van der Waals surface area (Å²) in [6.07, 6.45) is -0.437. The Labute approximate surface area is 157 Å². The van der Waals surface area contributed by atoms with E-state index in [0.717, 1.165) is 10.2 Å². The minimum Gasteiger partial charge on any atom is -0.455 e. The molecule has 10 heteroatoms. The molecule has 0 N–H and O–H groups in total. The molecule has 8 nitrogen and oxygen atoms in total. The molecule has 2 aromatic rings. The SMILES string of the molecule is Cc1ccc(S(=O)(=O)OC[C@@H](F)Cn2cc(C(=O)OC(C)(C)C)nn2)cc1. The second-order valence-corrected chi connectivity index (χ2v) is 8.59. The predicted molar refractivity (Wildman–Crippen MR) is 94.4 cm³/mol. The normalized spacial score (nSPS) is 13.4. The van der Waals surface area contributed by atoms with Crippen LogP contribution in [-0.2, 0) is 25.6 Å². The molecule has 0 bridgehead atoms. The highest BCUT2D eigenvalue weighted by atomic mass is 32.2. The van der Waals surface area contributed by atoms with Crippen LogP contribution >= 0.6 is 0 Å². The van der Waals surface area contributed by atoms with Gasteiger partial charge in [-0.05, 0) is 39.8 Å². The molecule has 0 amide bonds. The molecule has 0 fully saturated rings. The Bertz CT molecular complexity index is 888. The monoisotopic (exact) mass is 399 g/mol. The van der Waals surface area contributed by atoms with E-state index >= 15 is 0 Å². The molecule has 27 heavy (non-hydrogen) atoms. The quantitative estimate of drug-likeness (QED) is 0.520.